The second-order valence-corrected chi connectivity index (χ2v) is 10.9. The van der Waals surface area contributed by atoms with Gasteiger partial charge in [-0.15, -0.1) is 0 Å². The first-order valence-electron chi connectivity index (χ1n) is 10.7. The van der Waals surface area contributed by atoms with Gasteiger partial charge in [-0.2, -0.15) is 0 Å². The molecular weight excluding hydrogens is 537 g/mol. The summed E-state index contributed by atoms with van der Waals surface area (Å²) in [5.41, 5.74) is 4.97. The third-order valence-corrected chi connectivity index (χ3v) is 7.81. The molecule has 1 fully saturated rings. The number of hydrogen-bond donors (Lipinski definition) is 3. The van der Waals surface area contributed by atoms with Gasteiger partial charge in [0, 0.05) is 13.0 Å². The second-order valence-electron chi connectivity index (χ2n) is 8.09. The van der Waals surface area contributed by atoms with E-state index in [1.54, 1.807) is 0 Å². The summed E-state index contributed by atoms with van der Waals surface area (Å²) in [6, 6.07) is 2.12. The fraction of sp³-hybridized carbons (Fsp3) is 0.364. The summed E-state index contributed by atoms with van der Waals surface area (Å²) in [5, 5.41) is 7.40. The van der Waals surface area contributed by atoms with E-state index in [4.69, 9.17) is 4.98 Å². The molecule has 1 amide bonds. The SMILES string of the molecule is Cc1cn2c(C3=CN[I-]C=C3)cnc2c(Nc2cc(CC3CCCC(=O)NCC3)ns2)n1. The van der Waals surface area contributed by atoms with Crippen LogP contribution in [0.1, 0.15) is 42.8 Å². The maximum atomic E-state index is 11.5. The van der Waals surface area contributed by atoms with Crippen LogP contribution < -0.4 is 35.6 Å². The van der Waals surface area contributed by atoms with E-state index in [1.807, 2.05) is 19.3 Å². The average molecular weight is 562 g/mol. The first kappa shape index (κ1) is 21.4. The summed E-state index contributed by atoms with van der Waals surface area (Å²) in [6.45, 7) is 2.75. The second kappa shape index (κ2) is 9.57. The first-order chi connectivity index (χ1) is 15.7. The molecule has 10 heteroatoms. The van der Waals surface area contributed by atoms with Gasteiger partial charge >= 0.3 is 148 Å². The van der Waals surface area contributed by atoms with E-state index >= 15 is 0 Å². The summed E-state index contributed by atoms with van der Waals surface area (Å²) in [6.07, 6.45) is 12.7. The Morgan fingerprint density at radius 1 is 1.38 bits per heavy atom. The topological polar surface area (TPSA) is 96.2 Å². The van der Waals surface area contributed by atoms with Crippen LogP contribution in [0, 0.1) is 12.8 Å². The van der Waals surface area contributed by atoms with Crippen LogP contribution in [-0.4, -0.2) is 31.2 Å². The monoisotopic (exact) mass is 562 g/mol. The molecule has 3 aromatic heterocycles. The molecule has 168 valence electrons. The molecule has 0 aromatic carbocycles. The van der Waals surface area contributed by atoms with Crippen molar-refractivity contribution < 1.29 is 26.3 Å². The van der Waals surface area contributed by atoms with Gasteiger partial charge in [-0.25, -0.2) is 0 Å². The Balaban J connectivity index is 1.33. The summed E-state index contributed by atoms with van der Waals surface area (Å²) >= 11 is 1.38. The van der Waals surface area contributed by atoms with Crippen LogP contribution in [0.4, 0.5) is 10.8 Å². The van der Waals surface area contributed by atoms with Crippen molar-refractivity contribution in [3.05, 3.63) is 51.9 Å². The summed E-state index contributed by atoms with van der Waals surface area (Å²) in [5.74, 6) is 1.47. The van der Waals surface area contributed by atoms with Gasteiger partial charge in [0.1, 0.15) is 0 Å². The number of fused-ring (bicyclic) bond motifs is 1. The van der Waals surface area contributed by atoms with Crippen molar-refractivity contribution in [3.63, 3.8) is 0 Å². The van der Waals surface area contributed by atoms with Crippen molar-refractivity contribution in [3.8, 4) is 0 Å². The summed E-state index contributed by atoms with van der Waals surface area (Å²) < 4.78 is 12.3. The van der Waals surface area contributed by atoms with Crippen molar-refractivity contribution in [1.29, 1.82) is 0 Å². The number of aromatic nitrogens is 4. The molecule has 1 atom stereocenters. The molecule has 8 nitrogen and oxygen atoms in total. The van der Waals surface area contributed by atoms with Crippen molar-refractivity contribution in [2.24, 2.45) is 5.92 Å². The van der Waals surface area contributed by atoms with E-state index in [9.17, 15) is 4.79 Å². The van der Waals surface area contributed by atoms with Crippen molar-refractivity contribution in [1.82, 2.24) is 27.6 Å². The number of carbonyl (C=O) groups is 1. The van der Waals surface area contributed by atoms with Crippen LogP contribution in [0.15, 0.2) is 34.8 Å². The normalized spacial score (nSPS) is 19.3. The molecule has 3 aromatic rings. The molecule has 0 aliphatic carbocycles. The predicted molar refractivity (Wildman–Crippen MR) is 122 cm³/mol. The Labute approximate surface area is 201 Å². The maximum absolute atomic E-state index is 11.5. The van der Waals surface area contributed by atoms with Crippen LogP contribution in [0.3, 0.4) is 0 Å². The molecule has 3 N–H and O–H groups in total. The van der Waals surface area contributed by atoms with Crippen molar-refractivity contribution in [2.75, 3.05) is 11.9 Å². The number of imidazole rings is 1. The van der Waals surface area contributed by atoms with E-state index in [-0.39, 0.29) is 27.4 Å². The number of anilines is 2. The molecule has 0 radical (unpaired) electrons. The Kier molecular flexibility index (Phi) is 6.39. The summed E-state index contributed by atoms with van der Waals surface area (Å²) in [7, 11) is 0. The van der Waals surface area contributed by atoms with Crippen molar-refractivity contribution in [2.45, 2.75) is 39.0 Å². The number of carbonyl (C=O) groups excluding carboxylic acids is 1. The number of rotatable bonds is 5. The number of aryl methyl sites for hydroxylation is 1. The Hall–Kier alpha value is -2.47. The minimum absolute atomic E-state index is 0.0758. The van der Waals surface area contributed by atoms with Crippen LogP contribution in [0.2, 0.25) is 0 Å². The molecular formula is C22H25IN7OS-. The zero-order chi connectivity index (χ0) is 21.9. The van der Waals surface area contributed by atoms with Gasteiger partial charge in [-0.3, -0.25) is 4.79 Å². The van der Waals surface area contributed by atoms with E-state index in [0.29, 0.717) is 12.3 Å². The van der Waals surface area contributed by atoms with E-state index in [1.165, 1.54) is 11.5 Å². The quantitative estimate of drug-likeness (QED) is 0.311. The van der Waals surface area contributed by atoms with E-state index in [0.717, 1.165) is 71.3 Å². The van der Waals surface area contributed by atoms with Crippen LogP contribution in [0.5, 0.6) is 0 Å². The first-order valence-corrected chi connectivity index (χ1v) is 13.8. The number of amides is 1. The molecule has 0 bridgehead atoms. The molecule has 5 rings (SSSR count). The van der Waals surface area contributed by atoms with Gasteiger partial charge in [0.15, 0.2) is 0 Å². The number of halogens is 1. The fourth-order valence-corrected chi connectivity index (χ4v) is 6.09. The zero-order valence-corrected chi connectivity index (χ0v) is 20.7. The van der Waals surface area contributed by atoms with Gasteiger partial charge in [-0.1, -0.05) is 0 Å². The molecule has 32 heavy (non-hydrogen) atoms. The fourth-order valence-electron chi connectivity index (χ4n) is 4.12. The molecule has 1 saturated heterocycles. The standard InChI is InChI=1S/C22H25IN7OS/c1-14-13-30-18(16-5-7-23-26-11-16)12-25-22(30)21(27-14)28-20-10-17(29-32-20)9-15-3-2-4-19(31)24-8-6-15/h5,7,10-13,15,26H,2-4,6,8-9H2,1H3,(H,24,31)(H,27,28)/q-1. The van der Waals surface area contributed by atoms with Gasteiger partial charge < -0.3 is 5.32 Å². The molecule has 1 unspecified atom stereocenters. The molecule has 0 spiro atoms. The molecule has 0 saturated carbocycles. The molecule has 2 aliphatic heterocycles. The van der Waals surface area contributed by atoms with E-state index < -0.39 is 0 Å². The third kappa shape index (κ3) is 4.80. The van der Waals surface area contributed by atoms with Crippen LogP contribution in [-0.2, 0) is 11.2 Å². The van der Waals surface area contributed by atoms with Gasteiger partial charge in [0.05, 0.1) is 0 Å². The number of allylic oxidation sites excluding steroid dienone is 2. The van der Waals surface area contributed by atoms with Gasteiger partial charge in [0.2, 0.25) is 5.91 Å². The van der Waals surface area contributed by atoms with Crippen LogP contribution in [0.25, 0.3) is 11.2 Å². The van der Waals surface area contributed by atoms with Gasteiger partial charge in [0.25, 0.3) is 0 Å². The Morgan fingerprint density at radius 2 is 2.31 bits per heavy atom. The Morgan fingerprint density at radius 3 is 3.19 bits per heavy atom. The minimum atomic E-state index is -0.0758. The number of nitrogens with one attached hydrogen (secondary N) is 3. The number of nitrogens with zero attached hydrogens (tertiary/aromatic N) is 4. The predicted octanol–water partition coefficient (Wildman–Crippen LogP) is 0.549. The van der Waals surface area contributed by atoms with Crippen molar-refractivity contribution >= 4 is 39.5 Å². The molecule has 2 aliphatic rings. The van der Waals surface area contributed by atoms with Crippen LogP contribution >= 0.6 is 11.5 Å². The van der Waals surface area contributed by atoms with Gasteiger partial charge in [-0.05, 0) is 25.2 Å². The Bertz CT molecular complexity index is 1190. The summed E-state index contributed by atoms with van der Waals surface area (Å²) in [4.78, 5) is 20.9. The average Bonchev–Trinajstić information content (AvgIpc) is 3.39. The molecule has 5 heterocycles. The third-order valence-electron chi connectivity index (χ3n) is 5.68. The number of hydrogen-bond acceptors (Lipinski definition) is 7. The zero-order valence-electron chi connectivity index (χ0n) is 17.8. The van der Waals surface area contributed by atoms with E-state index in [2.05, 4.69) is 50.3 Å².